The summed E-state index contributed by atoms with van der Waals surface area (Å²) in [5, 5.41) is 3.38. The van der Waals surface area contributed by atoms with Crippen LogP contribution in [0.5, 0.6) is 0 Å². The highest BCUT2D eigenvalue weighted by Gasteiger charge is 2.30. The number of nitrogens with one attached hydrogen (secondary N) is 1. The van der Waals surface area contributed by atoms with Crippen molar-refractivity contribution in [3.8, 4) is 0 Å². The molecule has 0 aliphatic carbocycles. The highest BCUT2D eigenvalue weighted by molar-refractivity contribution is 5.82. The molecule has 3 nitrogen and oxygen atoms in total. The average molecular weight is 229 g/mol. The summed E-state index contributed by atoms with van der Waals surface area (Å²) in [6.45, 7) is 5.29. The minimum absolute atomic E-state index is 0.448. The average Bonchev–Trinajstić information content (AvgIpc) is 2.83. The van der Waals surface area contributed by atoms with E-state index in [-0.39, 0.29) is 0 Å². The molecule has 1 atom stereocenters. The van der Waals surface area contributed by atoms with Crippen molar-refractivity contribution in [2.24, 2.45) is 4.99 Å². The van der Waals surface area contributed by atoms with Crippen molar-refractivity contribution < 1.29 is 0 Å². The van der Waals surface area contributed by atoms with E-state index in [0.717, 1.165) is 32.0 Å². The Balaban J connectivity index is 1.80. The Morgan fingerprint density at radius 3 is 2.94 bits per heavy atom. The predicted octanol–water partition coefficient (Wildman–Crippen LogP) is 1.95. The van der Waals surface area contributed by atoms with Crippen LogP contribution in [0, 0.1) is 0 Å². The maximum Gasteiger partial charge on any atom is 0.194 e. The van der Waals surface area contributed by atoms with Gasteiger partial charge in [0.05, 0.1) is 12.6 Å². The largest absolute Gasteiger partial charge is 0.356 e. The monoisotopic (exact) mass is 229 g/mol. The van der Waals surface area contributed by atoms with Crippen LogP contribution in [-0.2, 0) is 6.42 Å². The topological polar surface area (TPSA) is 27.6 Å². The highest BCUT2D eigenvalue weighted by Crippen LogP contribution is 2.27. The van der Waals surface area contributed by atoms with Crippen LogP contribution in [-0.4, -0.2) is 30.5 Å². The van der Waals surface area contributed by atoms with Crippen LogP contribution in [0.15, 0.2) is 29.3 Å². The van der Waals surface area contributed by atoms with Gasteiger partial charge >= 0.3 is 0 Å². The molecule has 2 heterocycles. The Morgan fingerprint density at radius 2 is 2.18 bits per heavy atom. The molecule has 0 saturated carbocycles. The van der Waals surface area contributed by atoms with E-state index in [1.165, 1.54) is 17.5 Å². The maximum absolute atomic E-state index is 4.59. The molecule has 90 valence electrons. The Hall–Kier alpha value is -1.51. The molecule has 1 aromatic carbocycles. The molecule has 0 aromatic heterocycles. The van der Waals surface area contributed by atoms with E-state index in [1.807, 2.05) is 0 Å². The summed E-state index contributed by atoms with van der Waals surface area (Å²) in [7, 11) is 0. The Kier molecular flexibility index (Phi) is 2.75. The summed E-state index contributed by atoms with van der Waals surface area (Å²) in [6.07, 6.45) is 2.32. The number of nitrogens with zero attached hydrogens (tertiary/aromatic N) is 2. The van der Waals surface area contributed by atoms with E-state index in [2.05, 4.69) is 46.4 Å². The van der Waals surface area contributed by atoms with E-state index in [0.29, 0.717) is 6.04 Å². The molecule has 0 radical (unpaired) electrons. The summed E-state index contributed by atoms with van der Waals surface area (Å²) < 4.78 is 0. The molecule has 1 unspecified atom stereocenters. The summed E-state index contributed by atoms with van der Waals surface area (Å²) in [5.74, 6) is 1.10. The van der Waals surface area contributed by atoms with Crippen molar-refractivity contribution in [2.45, 2.75) is 25.8 Å². The predicted molar refractivity (Wildman–Crippen MR) is 70.2 cm³/mol. The molecule has 1 N–H and O–H groups in total. The third-order valence-corrected chi connectivity index (χ3v) is 3.69. The maximum atomic E-state index is 4.59. The zero-order valence-corrected chi connectivity index (χ0v) is 10.3. The van der Waals surface area contributed by atoms with E-state index in [1.54, 1.807) is 0 Å². The lowest BCUT2D eigenvalue weighted by molar-refractivity contribution is 0.316. The zero-order chi connectivity index (χ0) is 11.7. The third kappa shape index (κ3) is 1.90. The number of hydrogen-bond donors (Lipinski definition) is 1. The molecular formula is C14H19N3. The van der Waals surface area contributed by atoms with E-state index in [9.17, 15) is 0 Å². The van der Waals surface area contributed by atoms with Crippen molar-refractivity contribution in [2.75, 3.05) is 19.6 Å². The fourth-order valence-corrected chi connectivity index (χ4v) is 2.64. The van der Waals surface area contributed by atoms with Gasteiger partial charge in [-0.3, -0.25) is 4.99 Å². The lowest BCUT2D eigenvalue weighted by Crippen LogP contribution is -2.46. The minimum Gasteiger partial charge on any atom is -0.356 e. The first-order valence-electron chi connectivity index (χ1n) is 6.52. The molecular weight excluding hydrogens is 210 g/mol. The minimum atomic E-state index is 0.448. The summed E-state index contributed by atoms with van der Waals surface area (Å²) >= 11 is 0. The van der Waals surface area contributed by atoms with E-state index >= 15 is 0 Å². The number of aryl methyl sites for hydroxylation is 1. The van der Waals surface area contributed by atoms with Crippen LogP contribution >= 0.6 is 0 Å². The molecule has 1 fully saturated rings. The van der Waals surface area contributed by atoms with Gasteiger partial charge < -0.3 is 10.2 Å². The molecule has 0 bridgehead atoms. The van der Waals surface area contributed by atoms with Gasteiger partial charge in [0.1, 0.15) is 0 Å². The van der Waals surface area contributed by atoms with Crippen LogP contribution in [0.4, 0.5) is 0 Å². The Morgan fingerprint density at radius 1 is 1.35 bits per heavy atom. The molecule has 3 heteroatoms. The number of hydrogen-bond acceptors (Lipinski definition) is 3. The van der Waals surface area contributed by atoms with Crippen LogP contribution in [0.2, 0.25) is 0 Å². The van der Waals surface area contributed by atoms with Crippen molar-refractivity contribution in [3.63, 3.8) is 0 Å². The molecule has 1 aromatic rings. The molecule has 2 aliphatic heterocycles. The molecule has 3 rings (SSSR count). The van der Waals surface area contributed by atoms with Gasteiger partial charge in [-0.1, -0.05) is 31.2 Å². The first-order chi connectivity index (χ1) is 8.38. The molecule has 0 amide bonds. The Labute approximate surface area is 103 Å². The van der Waals surface area contributed by atoms with Crippen LogP contribution in [0.25, 0.3) is 0 Å². The van der Waals surface area contributed by atoms with Gasteiger partial charge in [-0.25, -0.2) is 0 Å². The van der Waals surface area contributed by atoms with Crippen LogP contribution in [0.1, 0.15) is 30.5 Å². The SMILES string of the molecule is CCc1ccc(C2CN=C3NCCCN32)cc1. The van der Waals surface area contributed by atoms with Gasteiger partial charge in [-0.05, 0) is 24.0 Å². The summed E-state index contributed by atoms with van der Waals surface area (Å²) in [6, 6.07) is 9.45. The molecule has 17 heavy (non-hydrogen) atoms. The fraction of sp³-hybridized carbons (Fsp3) is 0.500. The fourth-order valence-electron chi connectivity index (χ4n) is 2.64. The third-order valence-electron chi connectivity index (χ3n) is 3.69. The second kappa shape index (κ2) is 4.40. The Bertz CT molecular complexity index is 422. The number of fused-ring (bicyclic) bond motifs is 1. The van der Waals surface area contributed by atoms with Gasteiger partial charge in [0.2, 0.25) is 0 Å². The standard InChI is InChI=1S/C14H19N3/c1-2-11-4-6-12(7-5-11)13-10-16-14-15-8-3-9-17(13)14/h4-7,13H,2-3,8-10H2,1H3,(H,15,16). The highest BCUT2D eigenvalue weighted by atomic mass is 15.4. The number of rotatable bonds is 2. The van der Waals surface area contributed by atoms with E-state index < -0.39 is 0 Å². The van der Waals surface area contributed by atoms with Gasteiger partial charge in [0.15, 0.2) is 5.96 Å². The van der Waals surface area contributed by atoms with Gasteiger partial charge in [0.25, 0.3) is 0 Å². The summed E-state index contributed by atoms with van der Waals surface area (Å²) in [4.78, 5) is 7.00. The van der Waals surface area contributed by atoms with Crippen molar-refractivity contribution in [3.05, 3.63) is 35.4 Å². The van der Waals surface area contributed by atoms with Crippen molar-refractivity contribution >= 4 is 5.96 Å². The van der Waals surface area contributed by atoms with E-state index in [4.69, 9.17) is 0 Å². The van der Waals surface area contributed by atoms with Crippen LogP contribution in [0.3, 0.4) is 0 Å². The second-order valence-corrected chi connectivity index (χ2v) is 4.75. The van der Waals surface area contributed by atoms with Crippen molar-refractivity contribution in [1.29, 1.82) is 0 Å². The smallest absolute Gasteiger partial charge is 0.194 e. The molecule has 2 aliphatic rings. The number of guanidine groups is 1. The summed E-state index contributed by atoms with van der Waals surface area (Å²) in [5.41, 5.74) is 2.80. The first-order valence-corrected chi connectivity index (χ1v) is 6.52. The van der Waals surface area contributed by atoms with Crippen LogP contribution < -0.4 is 5.32 Å². The first kappa shape index (κ1) is 10.6. The quantitative estimate of drug-likeness (QED) is 0.839. The van der Waals surface area contributed by atoms with Crippen molar-refractivity contribution in [1.82, 2.24) is 10.2 Å². The second-order valence-electron chi connectivity index (χ2n) is 4.75. The van der Waals surface area contributed by atoms with Gasteiger partial charge in [-0.15, -0.1) is 0 Å². The zero-order valence-electron chi connectivity index (χ0n) is 10.3. The molecule has 0 spiro atoms. The van der Waals surface area contributed by atoms with Gasteiger partial charge in [0, 0.05) is 13.1 Å². The number of benzene rings is 1. The molecule has 1 saturated heterocycles. The lowest BCUT2D eigenvalue weighted by Gasteiger charge is -2.32. The van der Waals surface area contributed by atoms with Gasteiger partial charge in [-0.2, -0.15) is 0 Å². The lowest BCUT2D eigenvalue weighted by atomic mass is 10.0. The number of aliphatic imine (C=N–C) groups is 1. The normalized spacial score (nSPS) is 23.0.